The van der Waals surface area contributed by atoms with E-state index in [9.17, 15) is 19.3 Å². The summed E-state index contributed by atoms with van der Waals surface area (Å²) in [6.07, 6.45) is 2.46. The zero-order valence-electron chi connectivity index (χ0n) is 14.4. The van der Waals surface area contributed by atoms with Crippen molar-refractivity contribution in [3.05, 3.63) is 57.2 Å². The third-order valence-corrected chi connectivity index (χ3v) is 3.89. The van der Waals surface area contributed by atoms with Crippen LogP contribution in [0.25, 0.3) is 0 Å². The van der Waals surface area contributed by atoms with Crippen molar-refractivity contribution < 1.29 is 18.8 Å². The summed E-state index contributed by atoms with van der Waals surface area (Å²) in [5, 5.41) is 21.5. The van der Waals surface area contributed by atoms with Crippen molar-refractivity contribution in [1.29, 1.82) is 0 Å². The molecule has 0 bridgehead atoms. The minimum atomic E-state index is -0.663. The summed E-state index contributed by atoms with van der Waals surface area (Å²) in [6.45, 7) is -0.0763. The highest BCUT2D eigenvalue weighted by Crippen LogP contribution is 2.23. The Morgan fingerprint density at radius 1 is 1.39 bits per heavy atom. The van der Waals surface area contributed by atoms with Crippen molar-refractivity contribution >= 4 is 29.1 Å². The Hall–Kier alpha value is -3.54. The molecule has 0 aliphatic carbocycles. The van der Waals surface area contributed by atoms with E-state index in [1.165, 1.54) is 36.3 Å². The van der Waals surface area contributed by atoms with Gasteiger partial charge in [-0.3, -0.25) is 24.9 Å². The molecule has 0 spiro atoms. The Bertz CT molecular complexity index is 1040. The first-order valence-corrected chi connectivity index (χ1v) is 8.12. The van der Waals surface area contributed by atoms with Crippen molar-refractivity contribution in [3.8, 4) is 5.88 Å². The van der Waals surface area contributed by atoms with Gasteiger partial charge in [0.05, 0.1) is 18.6 Å². The van der Waals surface area contributed by atoms with Crippen LogP contribution in [-0.2, 0) is 17.9 Å². The van der Waals surface area contributed by atoms with Crippen LogP contribution < -0.4 is 10.1 Å². The predicted molar refractivity (Wildman–Crippen MR) is 94.6 cm³/mol. The first-order valence-electron chi connectivity index (χ1n) is 7.74. The molecule has 2 heterocycles. The van der Waals surface area contributed by atoms with E-state index in [0.717, 1.165) is 10.9 Å². The average Bonchev–Trinajstić information content (AvgIpc) is 3.24. The molecule has 0 aliphatic heterocycles. The fourth-order valence-electron chi connectivity index (χ4n) is 2.31. The van der Waals surface area contributed by atoms with Crippen LogP contribution in [-0.4, -0.2) is 42.5 Å². The number of nitrogens with one attached hydrogen (secondary N) is 1. The highest BCUT2D eigenvalue weighted by atomic mass is 35.5. The van der Waals surface area contributed by atoms with Gasteiger partial charge >= 0.3 is 11.6 Å². The number of benzene rings is 1. The Kier molecular flexibility index (Phi) is 5.49. The summed E-state index contributed by atoms with van der Waals surface area (Å²) >= 11 is 5.97. The van der Waals surface area contributed by atoms with Gasteiger partial charge in [0.25, 0.3) is 0 Å². The number of carbonyl (C=O) groups is 1. The number of rotatable bonds is 7. The van der Waals surface area contributed by atoms with Crippen LogP contribution in [0.5, 0.6) is 5.88 Å². The Labute approximate surface area is 161 Å². The Morgan fingerprint density at radius 3 is 2.82 bits per heavy atom. The minimum Gasteiger partial charge on any atom is -0.475 e. The lowest BCUT2D eigenvalue weighted by molar-refractivity contribution is -0.385. The molecule has 0 saturated carbocycles. The number of nitro groups is 1. The van der Waals surface area contributed by atoms with E-state index in [1.807, 2.05) is 0 Å². The normalized spacial score (nSPS) is 10.7. The van der Waals surface area contributed by atoms with Crippen LogP contribution in [0.2, 0.25) is 5.02 Å². The molecule has 3 aromatic rings. The number of carbonyl (C=O) groups excluding carboxylic acids is 1. The van der Waals surface area contributed by atoms with Crippen LogP contribution in [0, 0.1) is 15.9 Å². The molecule has 0 aliphatic rings. The first kappa shape index (κ1) is 19.2. The van der Waals surface area contributed by atoms with E-state index in [0.29, 0.717) is 5.56 Å². The van der Waals surface area contributed by atoms with Gasteiger partial charge in [-0.25, -0.2) is 14.1 Å². The van der Waals surface area contributed by atoms with Crippen LogP contribution >= 0.6 is 11.6 Å². The van der Waals surface area contributed by atoms with Gasteiger partial charge in [0.15, 0.2) is 0 Å². The largest absolute Gasteiger partial charge is 0.475 e. The Balaban J connectivity index is 1.63. The molecule has 2 aromatic heterocycles. The second kappa shape index (κ2) is 8.00. The van der Waals surface area contributed by atoms with Gasteiger partial charge in [0.2, 0.25) is 11.9 Å². The van der Waals surface area contributed by atoms with Crippen LogP contribution in [0.3, 0.4) is 0 Å². The summed E-state index contributed by atoms with van der Waals surface area (Å²) in [4.78, 5) is 26.3. The maximum atomic E-state index is 13.1. The average molecular weight is 410 g/mol. The molecule has 0 radical (unpaired) electrons. The first-order chi connectivity index (χ1) is 13.4. The van der Waals surface area contributed by atoms with Gasteiger partial charge in [-0.1, -0.05) is 17.7 Å². The summed E-state index contributed by atoms with van der Waals surface area (Å²) < 4.78 is 20.4. The topological polar surface area (TPSA) is 130 Å². The van der Waals surface area contributed by atoms with Crippen molar-refractivity contribution in [2.45, 2.75) is 13.1 Å². The number of hydrogen-bond acceptors (Lipinski definition) is 7. The molecule has 1 aromatic carbocycles. The summed E-state index contributed by atoms with van der Waals surface area (Å²) in [5.41, 5.74) is 0.274. The molecular formula is C15H13ClFN7O4. The van der Waals surface area contributed by atoms with Crippen molar-refractivity contribution in [2.24, 2.45) is 0 Å². The lowest BCUT2D eigenvalue weighted by atomic mass is 10.2. The zero-order valence-corrected chi connectivity index (χ0v) is 15.1. The second-order valence-corrected chi connectivity index (χ2v) is 5.94. The van der Waals surface area contributed by atoms with Crippen LogP contribution in [0.15, 0.2) is 30.7 Å². The van der Waals surface area contributed by atoms with Crippen LogP contribution in [0.1, 0.15) is 5.56 Å². The smallest absolute Gasteiger partial charge is 0.350 e. The molecular weight excluding hydrogens is 397 g/mol. The van der Waals surface area contributed by atoms with Gasteiger partial charge < -0.3 is 4.74 Å². The molecule has 0 fully saturated rings. The van der Waals surface area contributed by atoms with Gasteiger partial charge in [-0.15, -0.1) is 10.2 Å². The Morgan fingerprint density at radius 2 is 2.18 bits per heavy atom. The fourth-order valence-corrected chi connectivity index (χ4v) is 2.54. The van der Waals surface area contributed by atoms with E-state index in [2.05, 4.69) is 20.5 Å². The maximum Gasteiger partial charge on any atom is 0.350 e. The SMILES string of the molecule is COc1nn(CC(=O)Nc2ncn(Cc3ccc(F)cc3Cl)n2)cc1[N+](=O)[O-]. The maximum absolute atomic E-state index is 13.1. The number of ether oxygens (including phenoxy) is 1. The molecule has 0 atom stereocenters. The van der Waals surface area contributed by atoms with Gasteiger partial charge in [-0.2, -0.15) is 0 Å². The molecule has 1 amide bonds. The molecule has 11 nitrogen and oxygen atoms in total. The van der Waals surface area contributed by atoms with Crippen LogP contribution in [0.4, 0.5) is 16.0 Å². The molecule has 1 N–H and O–H groups in total. The summed E-state index contributed by atoms with van der Waals surface area (Å²) in [5.74, 6) is -1.17. The van der Waals surface area contributed by atoms with E-state index >= 15 is 0 Å². The number of amides is 1. The highest BCUT2D eigenvalue weighted by Gasteiger charge is 2.21. The minimum absolute atomic E-state index is 0.0249. The number of methoxy groups -OCH3 is 1. The number of halogens is 2. The van der Waals surface area contributed by atoms with Crippen molar-refractivity contribution in [2.75, 3.05) is 12.4 Å². The summed E-state index contributed by atoms with van der Waals surface area (Å²) in [7, 11) is 1.24. The molecule has 0 saturated heterocycles. The van der Waals surface area contributed by atoms with E-state index < -0.39 is 16.6 Å². The number of nitrogens with zero attached hydrogens (tertiary/aromatic N) is 6. The number of hydrogen-bond donors (Lipinski definition) is 1. The zero-order chi connectivity index (χ0) is 20.3. The van der Waals surface area contributed by atoms with Gasteiger partial charge in [-0.05, 0) is 17.7 Å². The lowest BCUT2D eigenvalue weighted by Gasteiger charge is -2.04. The van der Waals surface area contributed by atoms with Gasteiger partial charge in [0.1, 0.15) is 24.9 Å². The third kappa shape index (κ3) is 4.40. The standard InChI is InChI=1S/C15H13ClFN7O4/c1-28-14-12(24(26)27)6-22(20-14)7-13(25)19-15-18-8-23(21-15)5-9-2-3-10(17)4-11(9)16/h2-4,6,8H,5,7H2,1H3,(H,19,21,25). The van der Waals surface area contributed by atoms with Crippen molar-refractivity contribution in [1.82, 2.24) is 24.5 Å². The fraction of sp³-hybridized carbons (Fsp3) is 0.200. The highest BCUT2D eigenvalue weighted by molar-refractivity contribution is 6.31. The monoisotopic (exact) mass is 409 g/mol. The number of anilines is 1. The third-order valence-electron chi connectivity index (χ3n) is 3.54. The molecule has 28 heavy (non-hydrogen) atoms. The molecule has 13 heteroatoms. The lowest BCUT2D eigenvalue weighted by Crippen LogP contribution is -2.20. The second-order valence-electron chi connectivity index (χ2n) is 5.53. The molecule has 3 rings (SSSR count). The summed E-state index contributed by atoms with van der Waals surface area (Å²) in [6, 6.07) is 3.99. The van der Waals surface area contributed by atoms with E-state index in [1.54, 1.807) is 0 Å². The van der Waals surface area contributed by atoms with E-state index in [-0.39, 0.29) is 35.6 Å². The van der Waals surface area contributed by atoms with Crippen molar-refractivity contribution in [3.63, 3.8) is 0 Å². The predicted octanol–water partition coefficient (Wildman–Crippen LogP) is 1.87. The quantitative estimate of drug-likeness (QED) is 0.465. The molecule has 0 unspecified atom stereocenters. The van der Waals surface area contributed by atoms with E-state index in [4.69, 9.17) is 16.3 Å². The number of aromatic nitrogens is 5. The molecule has 146 valence electrons. The van der Waals surface area contributed by atoms with Gasteiger partial charge in [0, 0.05) is 5.02 Å².